The summed E-state index contributed by atoms with van der Waals surface area (Å²) in [6.07, 6.45) is 2.34. The SMILES string of the molecule is C=CCOc1cccc([C@@H]2C(=C(O)c3ccc4c(c3)C[C@H](C)O4)C(=O)C(=O)N2c2nc3ccc(OC)cc3s2)c1. The molecule has 202 valence electrons. The summed E-state index contributed by atoms with van der Waals surface area (Å²) >= 11 is 1.27. The fraction of sp³-hybridized carbons (Fsp3) is 0.194. The molecule has 2 atom stereocenters. The molecule has 8 nitrogen and oxygen atoms in total. The van der Waals surface area contributed by atoms with Crippen LogP contribution >= 0.6 is 11.3 Å². The lowest BCUT2D eigenvalue weighted by Crippen LogP contribution is -2.29. The van der Waals surface area contributed by atoms with Crippen molar-refractivity contribution in [1.29, 1.82) is 0 Å². The van der Waals surface area contributed by atoms with Crippen molar-refractivity contribution in [2.45, 2.75) is 25.5 Å². The maximum absolute atomic E-state index is 13.6. The first-order valence-corrected chi connectivity index (χ1v) is 13.6. The summed E-state index contributed by atoms with van der Waals surface area (Å²) in [5.74, 6) is 0.130. The molecule has 1 fully saturated rings. The molecule has 4 aromatic rings. The number of anilines is 1. The van der Waals surface area contributed by atoms with Crippen LogP contribution in [0.3, 0.4) is 0 Å². The lowest BCUT2D eigenvalue weighted by molar-refractivity contribution is -0.132. The minimum absolute atomic E-state index is 0.0189. The summed E-state index contributed by atoms with van der Waals surface area (Å²) in [5, 5.41) is 11.9. The molecule has 6 rings (SSSR count). The number of carbonyl (C=O) groups excluding carboxylic acids is 2. The summed E-state index contributed by atoms with van der Waals surface area (Å²) in [7, 11) is 1.58. The van der Waals surface area contributed by atoms with Crippen molar-refractivity contribution in [2.24, 2.45) is 0 Å². The minimum atomic E-state index is -0.932. The highest BCUT2D eigenvalue weighted by atomic mass is 32.1. The largest absolute Gasteiger partial charge is 0.507 e. The van der Waals surface area contributed by atoms with E-state index >= 15 is 0 Å². The number of aromatic nitrogens is 1. The summed E-state index contributed by atoms with van der Waals surface area (Å²) < 4.78 is 17.7. The summed E-state index contributed by atoms with van der Waals surface area (Å²) in [6, 6.07) is 16.9. The van der Waals surface area contributed by atoms with Crippen LogP contribution in [0.1, 0.15) is 29.7 Å². The van der Waals surface area contributed by atoms with Crippen LogP contribution in [-0.2, 0) is 16.0 Å². The predicted molar refractivity (Wildman–Crippen MR) is 153 cm³/mol. The molecule has 1 N–H and O–H groups in total. The molecule has 2 aliphatic rings. The van der Waals surface area contributed by atoms with E-state index in [4.69, 9.17) is 14.2 Å². The predicted octanol–water partition coefficient (Wildman–Crippen LogP) is 5.82. The maximum Gasteiger partial charge on any atom is 0.301 e. The van der Waals surface area contributed by atoms with Gasteiger partial charge in [-0.3, -0.25) is 14.5 Å². The Morgan fingerprint density at radius 1 is 1.18 bits per heavy atom. The molecule has 3 heterocycles. The van der Waals surface area contributed by atoms with Crippen molar-refractivity contribution in [2.75, 3.05) is 18.6 Å². The molecule has 9 heteroatoms. The molecule has 0 bridgehead atoms. The highest BCUT2D eigenvalue weighted by Crippen LogP contribution is 2.45. The van der Waals surface area contributed by atoms with Crippen LogP contribution in [0.4, 0.5) is 5.13 Å². The smallest absolute Gasteiger partial charge is 0.301 e. The van der Waals surface area contributed by atoms with E-state index in [2.05, 4.69) is 11.6 Å². The van der Waals surface area contributed by atoms with Gasteiger partial charge in [0, 0.05) is 12.0 Å². The maximum atomic E-state index is 13.6. The quantitative estimate of drug-likeness (QED) is 0.133. The van der Waals surface area contributed by atoms with E-state index in [1.54, 1.807) is 61.7 Å². The molecule has 0 saturated carbocycles. The molecule has 2 aliphatic heterocycles. The molecular weight excluding hydrogens is 528 g/mol. The number of amides is 1. The lowest BCUT2D eigenvalue weighted by Gasteiger charge is -2.23. The number of methoxy groups -OCH3 is 1. The van der Waals surface area contributed by atoms with Gasteiger partial charge in [0.05, 0.1) is 28.9 Å². The van der Waals surface area contributed by atoms with E-state index in [9.17, 15) is 14.7 Å². The number of nitrogens with zero attached hydrogens (tertiary/aromatic N) is 2. The lowest BCUT2D eigenvalue weighted by atomic mass is 9.94. The minimum Gasteiger partial charge on any atom is -0.507 e. The zero-order valence-corrected chi connectivity index (χ0v) is 22.7. The summed E-state index contributed by atoms with van der Waals surface area (Å²) in [6.45, 7) is 5.95. The molecule has 1 aromatic heterocycles. The van der Waals surface area contributed by atoms with Crippen LogP contribution in [0.2, 0.25) is 0 Å². The Labute approximate surface area is 234 Å². The summed E-state index contributed by atoms with van der Waals surface area (Å²) in [5.41, 5.74) is 2.61. The van der Waals surface area contributed by atoms with Gasteiger partial charge in [0.15, 0.2) is 5.13 Å². The van der Waals surface area contributed by atoms with Gasteiger partial charge in [0.2, 0.25) is 0 Å². The van der Waals surface area contributed by atoms with E-state index in [0.29, 0.717) is 46.3 Å². The second-order valence-corrected chi connectivity index (χ2v) is 10.6. The van der Waals surface area contributed by atoms with E-state index in [0.717, 1.165) is 16.0 Å². The Kier molecular flexibility index (Phi) is 6.51. The van der Waals surface area contributed by atoms with Gasteiger partial charge in [0.25, 0.3) is 5.78 Å². The Bertz CT molecular complexity index is 1710. The number of aliphatic hydroxyl groups is 1. The molecule has 1 amide bonds. The Hall–Kier alpha value is -4.63. The number of ketones is 1. The first-order valence-electron chi connectivity index (χ1n) is 12.8. The van der Waals surface area contributed by atoms with E-state index < -0.39 is 17.7 Å². The van der Waals surface area contributed by atoms with Crippen molar-refractivity contribution in [1.82, 2.24) is 4.98 Å². The van der Waals surface area contributed by atoms with Crippen LogP contribution < -0.4 is 19.1 Å². The fourth-order valence-electron chi connectivity index (χ4n) is 5.12. The van der Waals surface area contributed by atoms with Crippen molar-refractivity contribution in [3.05, 3.63) is 95.6 Å². The standard InChI is InChI=1S/C31H26N2O6S/c1-4-12-38-22-7-5-6-18(15-22)27-26(28(34)19-8-11-24-20(14-19)13-17(2)39-24)29(35)30(36)33(27)31-32-23-10-9-21(37-3)16-25(23)40-31/h4-11,14-17,27,34H,1,12-13H2,2-3H3/t17-,27+/m0/s1. The van der Waals surface area contributed by atoms with Gasteiger partial charge in [-0.15, -0.1) is 0 Å². The second kappa shape index (κ2) is 10.2. The van der Waals surface area contributed by atoms with Crippen molar-refractivity contribution >= 4 is 44.1 Å². The van der Waals surface area contributed by atoms with Crippen molar-refractivity contribution in [3.63, 3.8) is 0 Å². The number of aliphatic hydroxyl groups excluding tert-OH is 1. The van der Waals surface area contributed by atoms with Crippen LogP contribution in [0, 0.1) is 0 Å². The molecule has 3 aromatic carbocycles. The van der Waals surface area contributed by atoms with E-state index in [1.807, 2.05) is 19.1 Å². The van der Waals surface area contributed by atoms with Crippen LogP contribution in [-0.4, -0.2) is 41.6 Å². The molecule has 0 spiro atoms. The zero-order valence-electron chi connectivity index (χ0n) is 21.9. The highest BCUT2D eigenvalue weighted by Gasteiger charge is 2.48. The number of Topliss-reactive ketones (excluding diaryl/α,β-unsaturated/α-hetero) is 1. The monoisotopic (exact) mass is 554 g/mol. The van der Waals surface area contributed by atoms with Gasteiger partial charge < -0.3 is 19.3 Å². The normalized spacial score (nSPS) is 19.5. The van der Waals surface area contributed by atoms with Gasteiger partial charge in [-0.1, -0.05) is 36.1 Å². The second-order valence-electron chi connectivity index (χ2n) is 9.63. The van der Waals surface area contributed by atoms with Gasteiger partial charge >= 0.3 is 5.91 Å². The average Bonchev–Trinajstić information content (AvgIpc) is 3.63. The topological polar surface area (TPSA) is 98.2 Å². The van der Waals surface area contributed by atoms with Gasteiger partial charge in [-0.05, 0) is 66.6 Å². The Morgan fingerprint density at radius 3 is 2.83 bits per heavy atom. The average molecular weight is 555 g/mol. The zero-order chi connectivity index (χ0) is 28.0. The molecule has 40 heavy (non-hydrogen) atoms. The Morgan fingerprint density at radius 2 is 2.02 bits per heavy atom. The molecule has 1 saturated heterocycles. The van der Waals surface area contributed by atoms with E-state index in [1.165, 1.54) is 16.2 Å². The van der Waals surface area contributed by atoms with E-state index in [-0.39, 0.29) is 17.4 Å². The van der Waals surface area contributed by atoms with Gasteiger partial charge in [0.1, 0.15) is 35.7 Å². The molecular formula is C31H26N2O6S. The number of benzene rings is 3. The first-order chi connectivity index (χ1) is 19.4. The van der Waals surface area contributed by atoms with Gasteiger partial charge in [-0.25, -0.2) is 4.98 Å². The first kappa shape index (κ1) is 25.6. The summed E-state index contributed by atoms with van der Waals surface area (Å²) in [4.78, 5) is 33.3. The molecule has 0 radical (unpaired) electrons. The van der Waals surface area contributed by atoms with Gasteiger partial charge in [-0.2, -0.15) is 0 Å². The van der Waals surface area contributed by atoms with Crippen molar-refractivity contribution < 1.29 is 28.9 Å². The number of carbonyl (C=O) groups is 2. The third-order valence-electron chi connectivity index (χ3n) is 6.95. The third-order valence-corrected chi connectivity index (χ3v) is 7.96. The molecule has 0 aliphatic carbocycles. The van der Waals surface area contributed by atoms with Crippen LogP contribution in [0.25, 0.3) is 16.0 Å². The number of fused-ring (bicyclic) bond motifs is 2. The number of ether oxygens (including phenoxy) is 3. The number of hydrogen-bond donors (Lipinski definition) is 1. The number of rotatable bonds is 7. The molecule has 0 unspecified atom stereocenters. The van der Waals surface area contributed by atoms with Crippen LogP contribution in [0.15, 0.2) is 78.9 Å². The fourth-order valence-corrected chi connectivity index (χ4v) is 6.14. The third kappa shape index (κ3) is 4.38. The number of thiazole rings is 1. The Balaban J connectivity index is 1.52. The highest BCUT2D eigenvalue weighted by molar-refractivity contribution is 7.22. The number of hydrogen-bond acceptors (Lipinski definition) is 8. The van der Waals surface area contributed by atoms with Crippen molar-refractivity contribution in [3.8, 4) is 17.2 Å². The van der Waals surface area contributed by atoms with Crippen LogP contribution in [0.5, 0.6) is 17.2 Å².